The van der Waals surface area contributed by atoms with Crippen molar-refractivity contribution in [2.45, 2.75) is 113 Å². The number of hydrogen-bond donors (Lipinski definition) is 9. The summed E-state index contributed by atoms with van der Waals surface area (Å²) in [4.78, 5) is 105. The maximum atomic E-state index is 12.9. The van der Waals surface area contributed by atoms with Crippen LogP contribution in [0.2, 0.25) is 0 Å². The Bertz CT molecular complexity index is 6820. The van der Waals surface area contributed by atoms with Crippen LogP contribution in [0.15, 0.2) is 203 Å². The number of hydrogen-bond acceptors (Lipinski definition) is 24. The molecule has 0 atom stereocenters. The SMILES string of the molecule is C/C(=N\NC(=O)c1ccc(C(=O)NC(C)C)s1)c1nn(C)c(-c2ccc(C(F)(F)F)cc2)c1O.C/C(=N\NC(=O)c1ccc(C(=O)NCc2ccccn2)s1)c1nn(C)c(-c2ccc(C(F)(F)F)cc2)c1[O-].C/C(=N\NC(=O)c1ccc(C(=O)O)cc1)c1nn(C)c(-c2ccc(C(C)(C)C)cc2)c1O.CCN(CC)C(=O)c1ccc(C(=O)N/N=C(\C)c2nn(C)c(-c3ccc(C(F)(F)F)cc3)c2[O-])s1.[K+].[K+]. The summed E-state index contributed by atoms with van der Waals surface area (Å²) in [6, 6.07) is 40.5. The topological polar surface area (TPSA) is 452 Å². The Morgan fingerprint density at radius 2 is 0.716 bits per heavy atom. The Morgan fingerprint density at radius 3 is 1.05 bits per heavy atom. The molecule has 47 heteroatoms. The quantitative estimate of drug-likeness (QED) is 0.0111. The van der Waals surface area contributed by atoms with E-state index in [1.54, 1.807) is 54.0 Å². The van der Waals surface area contributed by atoms with Crippen molar-refractivity contribution in [3.63, 3.8) is 0 Å². The normalized spacial score (nSPS) is 11.8. The summed E-state index contributed by atoms with van der Waals surface area (Å²) in [7, 11) is 6.23. The average molecular weight is 2050 g/mol. The molecule has 13 rings (SSSR count). The first-order valence-corrected chi connectivity index (χ1v) is 44.3. The average Bonchev–Trinajstić information content (AvgIpc) is 1.65. The molecule has 0 saturated heterocycles. The van der Waals surface area contributed by atoms with Crippen LogP contribution in [0.3, 0.4) is 0 Å². The number of carboxylic acid groups (broad SMARTS) is 1. The molecule has 728 valence electrons. The van der Waals surface area contributed by atoms with Gasteiger partial charge in [-0.25, -0.2) is 26.5 Å². The van der Waals surface area contributed by atoms with Gasteiger partial charge in [-0.1, -0.05) is 99.0 Å². The van der Waals surface area contributed by atoms with E-state index in [0.29, 0.717) is 50.4 Å². The number of amides is 7. The first kappa shape index (κ1) is 114. The monoisotopic (exact) mass is 2050 g/mol. The zero-order chi connectivity index (χ0) is 102. The number of hydrazone groups is 4. The number of carbonyl (C=O) groups is 8. The molecule has 0 unspecified atom stereocenters. The third-order valence-electron chi connectivity index (χ3n) is 20.4. The number of carboxylic acids is 1. The second kappa shape index (κ2) is 49.2. The number of carbonyl (C=O) groups excluding carboxylic acids is 7. The van der Waals surface area contributed by atoms with Gasteiger partial charge in [0, 0.05) is 70.2 Å². The molecule has 0 aliphatic carbocycles. The second-order valence-electron chi connectivity index (χ2n) is 31.7. The Hall–Kier alpha value is -12.5. The minimum absolute atomic E-state index is 0. The summed E-state index contributed by atoms with van der Waals surface area (Å²) in [5, 5.41) is 94.4. The van der Waals surface area contributed by atoms with Crippen LogP contribution in [0.25, 0.3) is 45.0 Å². The molecule has 7 amide bonds. The molecule has 0 bridgehead atoms. The molecule has 0 aliphatic rings. The molecule has 8 heterocycles. The zero-order valence-electron chi connectivity index (χ0n) is 78.8. The number of aromatic carboxylic acids is 1. The van der Waals surface area contributed by atoms with Gasteiger partial charge in [0.05, 0.1) is 98.0 Å². The summed E-state index contributed by atoms with van der Waals surface area (Å²) in [5.74, 6) is -5.49. The number of nitrogens with one attached hydrogen (secondary N) is 6. The molecule has 141 heavy (non-hydrogen) atoms. The molecule has 33 nitrogen and oxygen atoms in total. The minimum atomic E-state index is -4.50. The number of pyridine rings is 1. The second-order valence-corrected chi connectivity index (χ2v) is 35.0. The van der Waals surface area contributed by atoms with Crippen molar-refractivity contribution in [3.8, 4) is 68.0 Å². The van der Waals surface area contributed by atoms with Gasteiger partial charge in [0.15, 0.2) is 22.9 Å². The molecule has 8 aromatic heterocycles. The van der Waals surface area contributed by atoms with Crippen molar-refractivity contribution in [3.05, 3.63) is 273 Å². The molecular formula is C94H91F9K2N20O13S3. The molecule has 0 saturated carbocycles. The molecule has 5 aromatic carbocycles. The van der Waals surface area contributed by atoms with Crippen molar-refractivity contribution in [1.29, 1.82) is 0 Å². The van der Waals surface area contributed by atoms with Gasteiger partial charge >= 0.3 is 127 Å². The van der Waals surface area contributed by atoms with E-state index in [1.807, 2.05) is 52.0 Å². The Labute approximate surface area is 898 Å². The third-order valence-corrected chi connectivity index (χ3v) is 23.6. The van der Waals surface area contributed by atoms with E-state index in [0.717, 1.165) is 76.0 Å². The summed E-state index contributed by atoms with van der Waals surface area (Å²) in [6.45, 7) is 21.2. The fourth-order valence-electron chi connectivity index (χ4n) is 13.1. The van der Waals surface area contributed by atoms with Crippen molar-refractivity contribution in [2.75, 3.05) is 13.1 Å². The van der Waals surface area contributed by atoms with Crippen molar-refractivity contribution >= 4 is 104 Å². The van der Waals surface area contributed by atoms with Crippen molar-refractivity contribution in [1.82, 2.24) is 81.3 Å². The van der Waals surface area contributed by atoms with Crippen molar-refractivity contribution < 1.29 is 206 Å². The number of benzene rings is 5. The van der Waals surface area contributed by atoms with E-state index < -0.39 is 76.3 Å². The van der Waals surface area contributed by atoms with Crippen LogP contribution in [0.5, 0.6) is 23.0 Å². The fourth-order valence-corrected chi connectivity index (χ4v) is 15.6. The van der Waals surface area contributed by atoms with Crippen LogP contribution in [0.1, 0.15) is 206 Å². The van der Waals surface area contributed by atoms with Crippen LogP contribution in [-0.2, 0) is 58.7 Å². The number of aromatic nitrogens is 9. The van der Waals surface area contributed by atoms with Crippen molar-refractivity contribution in [2.24, 2.45) is 48.6 Å². The number of thiophene rings is 3. The zero-order valence-corrected chi connectivity index (χ0v) is 87.5. The number of aromatic hydroxyl groups is 2. The molecular weight excluding hydrogens is 1960 g/mol. The molecule has 9 N–H and O–H groups in total. The summed E-state index contributed by atoms with van der Waals surface area (Å²) >= 11 is 3.00. The Kier molecular flexibility index (Phi) is 39.7. The predicted octanol–water partition coefficient (Wildman–Crippen LogP) is 9.71. The largest absolute Gasteiger partial charge is 1.00 e. The molecule has 0 radical (unpaired) electrons. The number of halogens is 9. The van der Waals surface area contributed by atoms with Gasteiger partial charge in [-0.15, -0.1) is 34.0 Å². The van der Waals surface area contributed by atoms with Gasteiger partial charge in [-0.2, -0.15) is 80.3 Å². The van der Waals surface area contributed by atoms with Gasteiger partial charge in [-0.3, -0.25) is 57.3 Å². The van der Waals surface area contributed by atoms with Crippen LogP contribution < -0.4 is 145 Å². The molecule has 13 aromatic rings. The van der Waals surface area contributed by atoms with Gasteiger partial charge in [0.2, 0.25) is 0 Å². The first-order valence-electron chi connectivity index (χ1n) is 41.8. The number of alkyl halides is 9. The van der Waals surface area contributed by atoms with E-state index in [9.17, 15) is 98.3 Å². The van der Waals surface area contributed by atoms with Gasteiger partial charge in [0.25, 0.3) is 41.4 Å². The smallest absolute Gasteiger partial charge is 0.869 e. The Morgan fingerprint density at radius 1 is 0.411 bits per heavy atom. The van der Waals surface area contributed by atoms with E-state index in [2.05, 4.69) is 98.9 Å². The molecule has 0 spiro atoms. The van der Waals surface area contributed by atoms with E-state index in [-0.39, 0.29) is 244 Å². The minimum Gasteiger partial charge on any atom is -0.869 e. The van der Waals surface area contributed by atoms with E-state index in [4.69, 9.17) is 5.11 Å². The maximum absolute atomic E-state index is 12.9. The van der Waals surface area contributed by atoms with Crippen LogP contribution in [0.4, 0.5) is 39.5 Å². The Balaban J connectivity index is 0.000000229. The number of rotatable bonds is 25. The number of nitrogens with zero attached hydrogens (tertiary/aromatic N) is 14. The molecule has 0 fully saturated rings. The van der Waals surface area contributed by atoms with E-state index in [1.165, 1.54) is 153 Å². The summed E-state index contributed by atoms with van der Waals surface area (Å²) in [5.41, 5.74) is 12.7. The summed E-state index contributed by atoms with van der Waals surface area (Å²) < 4.78 is 121. The number of aryl methyl sites for hydroxylation is 4. The van der Waals surface area contributed by atoms with Gasteiger partial charge in [-0.05, 0) is 187 Å². The van der Waals surface area contributed by atoms with Gasteiger partial charge < -0.3 is 41.1 Å². The van der Waals surface area contributed by atoms with Crippen LogP contribution >= 0.6 is 34.0 Å². The van der Waals surface area contributed by atoms with Crippen LogP contribution in [-0.4, -0.2) is 154 Å². The summed E-state index contributed by atoms with van der Waals surface area (Å²) in [6.07, 6.45) is -11.8. The first-order chi connectivity index (χ1) is 65.4. The third kappa shape index (κ3) is 29.4. The van der Waals surface area contributed by atoms with E-state index >= 15 is 0 Å². The fraction of sp³-hybridized carbons (Fsp3) is 0.245. The van der Waals surface area contributed by atoms with Gasteiger partial charge in [0.1, 0.15) is 22.8 Å². The standard InChI is InChI=1S/C25H21F3N6O3S.C24H26N4O4.C23H24F3N5O3S.C22H22F3N5O3S.2K/c1-14(20-22(35)21(34(2)33-20)15-6-8-16(9-7-15)25(26,27)28)31-32-24(37)19-11-10-18(38-19)23(36)30-13-17-5-3-4-12-29-17;1-14(25-26-22(30)16-6-8-17(9-7-16)23(31)32)19-21(29)20(28(5)27-19)15-10-12-18(13-11-15)24(2,3)4;1-5-31(6-2)22(34)17-12-11-16(35-17)21(33)28-27-13(3)18-20(32)19(30(4)29-18)14-7-9-15(10-8-14)23(24,25)26;1-11(2)26-20(32)15-9-10-16(34-15)21(33)28-27-12(3)17-19(31)18(30(4)29-17)13-5-7-14(8-6-13)22(23,24)25;;/h3-12,35H,13H2,1-2H3,(H,30,36)(H,32,37);6-13,29H,1-5H3,(H,26,30)(H,31,32);7-12,32H,5-6H2,1-4H3,(H,28,33);5-11,31H,1-4H3,(H,26,32)(H,28,33);;/q;;;;2*+1/p-2/b31-14+;25-14+;27-13+;27-12+;;. The van der Waals surface area contributed by atoms with Crippen LogP contribution in [0, 0.1) is 0 Å². The maximum Gasteiger partial charge on any atom is 1.00 e. The predicted molar refractivity (Wildman–Crippen MR) is 501 cm³/mol. The molecule has 0 aliphatic heterocycles.